The van der Waals surface area contributed by atoms with Gasteiger partial charge in [0, 0.05) is 12.3 Å². The van der Waals surface area contributed by atoms with Gasteiger partial charge in [-0.15, -0.1) is 0 Å². The van der Waals surface area contributed by atoms with Gasteiger partial charge in [-0.2, -0.15) is 5.26 Å². The molecule has 0 aliphatic heterocycles. The highest BCUT2D eigenvalue weighted by molar-refractivity contribution is 5.91. The second-order valence-corrected chi connectivity index (χ2v) is 3.05. The molecule has 0 spiro atoms. The van der Waals surface area contributed by atoms with Crippen LogP contribution in [0.25, 0.3) is 0 Å². The molecule has 0 bridgehead atoms. The minimum absolute atomic E-state index is 0.111. The third-order valence-electron chi connectivity index (χ3n) is 1.88. The minimum Gasteiger partial charge on any atom is -0.396 e. The van der Waals surface area contributed by atoms with E-state index in [1.165, 1.54) is 0 Å². The second kappa shape index (κ2) is 5.78. The molecular formula is C11H12N2O2. The molecule has 1 aromatic rings. The van der Waals surface area contributed by atoms with E-state index in [0.29, 0.717) is 12.1 Å². The molecule has 0 radical (unpaired) electrons. The fourth-order valence-corrected chi connectivity index (χ4v) is 1.16. The second-order valence-electron chi connectivity index (χ2n) is 3.05. The first-order chi connectivity index (χ1) is 7.26. The number of hydrogen-bond donors (Lipinski definition) is 2. The van der Waals surface area contributed by atoms with Gasteiger partial charge >= 0.3 is 0 Å². The van der Waals surface area contributed by atoms with Gasteiger partial charge in [0.2, 0.25) is 5.91 Å². The maximum Gasteiger partial charge on any atom is 0.238 e. The number of nitriles is 1. The monoisotopic (exact) mass is 204 g/mol. The molecule has 0 heterocycles. The van der Waals surface area contributed by atoms with Crippen LogP contribution in [0.5, 0.6) is 0 Å². The Hall–Kier alpha value is -1.86. The lowest BCUT2D eigenvalue weighted by molar-refractivity contribution is -0.115. The smallest absolute Gasteiger partial charge is 0.238 e. The first-order valence-electron chi connectivity index (χ1n) is 4.63. The zero-order valence-corrected chi connectivity index (χ0v) is 8.23. The van der Waals surface area contributed by atoms with Crippen molar-refractivity contribution in [3.63, 3.8) is 0 Å². The summed E-state index contributed by atoms with van der Waals surface area (Å²) in [7, 11) is 0. The predicted molar refractivity (Wildman–Crippen MR) is 56.1 cm³/mol. The van der Waals surface area contributed by atoms with Gasteiger partial charge in [0.15, 0.2) is 0 Å². The van der Waals surface area contributed by atoms with Crippen molar-refractivity contribution in [3.8, 4) is 6.07 Å². The number of aliphatic hydroxyl groups is 1. The molecule has 0 fully saturated rings. The standard InChI is InChI=1S/C11H12N2O2/c12-7-5-11(15)13-10-3-1-9(2-4-10)6-8-14/h1-4,14H,5-6,8H2,(H,13,15). The Morgan fingerprint density at radius 3 is 2.60 bits per heavy atom. The fourth-order valence-electron chi connectivity index (χ4n) is 1.16. The molecule has 0 aromatic heterocycles. The minimum atomic E-state index is -0.313. The Morgan fingerprint density at radius 1 is 1.40 bits per heavy atom. The molecule has 1 aromatic carbocycles. The normalized spacial score (nSPS) is 9.33. The molecule has 15 heavy (non-hydrogen) atoms. The summed E-state index contributed by atoms with van der Waals surface area (Å²) in [5.41, 5.74) is 1.67. The van der Waals surface area contributed by atoms with Gasteiger partial charge < -0.3 is 10.4 Å². The topological polar surface area (TPSA) is 73.1 Å². The zero-order valence-electron chi connectivity index (χ0n) is 8.23. The predicted octanol–water partition coefficient (Wildman–Crippen LogP) is 1.07. The van der Waals surface area contributed by atoms with E-state index in [4.69, 9.17) is 10.4 Å². The molecule has 0 aliphatic rings. The van der Waals surface area contributed by atoms with Gasteiger partial charge in [-0.25, -0.2) is 0 Å². The van der Waals surface area contributed by atoms with E-state index in [0.717, 1.165) is 5.56 Å². The van der Waals surface area contributed by atoms with Crippen LogP contribution in [0.2, 0.25) is 0 Å². The SMILES string of the molecule is N#CCC(=O)Nc1ccc(CCO)cc1. The van der Waals surface area contributed by atoms with Gasteiger partial charge in [-0.3, -0.25) is 4.79 Å². The lowest BCUT2D eigenvalue weighted by Gasteiger charge is -2.03. The van der Waals surface area contributed by atoms with Gasteiger partial charge in [-0.05, 0) is 24.1 Å². The Balaban J connectivity index is 2.57. The highest BCUT2D eigenvalue weighted by atomic mass is 16.2. The summed E-state index contributed by atoms with van der Waals surface area (Å²) in [5.74, 6) is -0.313. The number of nitrogens with one attached hydrogen (secondary N) is 1. The van der Waals surface area contributed by atoms with Crippen molar-refractivity contribution < 1.29 is 9.90 Å². The average Bonchev–Trinajstić information content (AvgIpc) is 2.22. The Labute approximate surface area is 88.2 Å². The van der Waals surface area contributed by atoms with Crippen molar-refractivity contribution in [2.75, 3.05) is 11.9 Å². The van der Waals surface area contributed by atoms with E-state index in [-0.39, 0.29) is 18.9 Å². The first kappa shape index (κ1) is 11.2. The fraction of sp³-hybridized carbons (Fsp3) is 0.273. The quantitative estimate of drug-likeness (QED) is 0.770. The van der Waals surface area contributed by atoms with Crippen molar-refractivity contribution in [1.29, 1.82) is 5.26 Å². The average molecular weight is 204 g/mol. The van der Waals surface area contributed by atoms with Crippen LogP contribution in [-0.4, -0.2) is 17.6 Å². The summed E-state index contributed by atoms with van der Waals surface area (Å²) in [5, 5.41) is 19.6. The number of benzene rings is 1. The van der Waals surface area contributed by atoms with Crippen molar-refractivity contribution in [1.82, 2.24) is 0 Å². The van der Waals surface area contributed by atoms with E-state index in [1.54, 1.807) is 18.2 Å². The molecule has 1 rings (SSSR count). The number of aliphatic hydroxyl groups excluding tert-OH is 1. The molecule has 78 valence electrons. The lowest BCUT2D eigenvalue weighted by atomic mass is 10.1. The number of hydrogen-bond acceptors (Lipinski definition) is 3. The highest BCUT2D eigenvalue weighted by Crippen LogP contribution is 2.10. The van der Waals surface area contributed by atoms with Crippen LogP contribution < -0.4 is 5.32 Å². The number of amides is 1. The van der Waals surface area contributed by atoms with E-state index in [2.05, 4.69) is 5.32 Å². The zero-order chi connectivity index (χ0) is 11.1. The van der Waals surface area contributed by atoms with E-state index < -0.39 is 0 Å². The van der Waals surface area contributed by atoms with Crippen molar-refractivity contribution in [2.45, 2.75) is 12.8 Å². The lowest BCUT2D eigenvalue weighted by Crippen LogP contribution is -2.09. The van der Waals surface area contributed by atoms with E-state index in [9.17, 15) is 4.79 Å². The van der Waals surface area contributed by atoms with Gasteiger partial charge in [0.05, 0.1) is 6.07 Å². The van der Waals surface area contributed by atoms with Crippen LogP contribution in [0.3, 0.4) is 0 Å². The van der Waals surface area contributed by atoms with Crippen LogP contribution in [-0.2, 0) is 11.2 Å². The number of carbonyl (C=O) groups excluding carboxylic acids is 1. The van der Waals surface area contributed by atoms with Gasteiger partial charge in [0.1, 0.15) is 6.42 Å². The molecule has 0 saturated carbocycles. The summed E-state index contributed by atoms with van der Waals surface area (Å²) in [6.07, 6.45) is 0.463. The maximum absolute atomic E-state index is 11.0. The number of nitrogens with zero attached hydrogens (tertiary/aromatic N) is 1. The molecule has 4 heteroatoms. The molecule has 0 atom stereocenters. The van der Waals surface area contributed by atoms with Gasteiger partial charge in [0.25, 0.3) is 0 Å². The Bertz CT molecular complexity index is 365. The van der Waals surface area contributed by atoms with Crippen LogP contribution in [0.15, 0.2) is 24.3 Å². The Kier molecular flexibility index (Phi) is 4.32. The molecule has 0 aliphatic carbocycles. The highest BCUT2D eigenvalue weighted by Gasteiger charge is 2.00. The van der Waals surface area contributed by atoms with E-state index in [1.807, 2.05) is 12.1 Å². The summed E-state index contributed by atoms with van der Waals surface area (Å²) in [6, 6.07) is 8.94. The van der Waals surface area contributed by atoms with Crippen molar-refractivity contribution in [3.05, 3.63) is 29.8 Å². The third-order valence-corrected chi connectivity index (χ3v) is 1.88. The van der Waals surface area contributed by atoms with Crippen LogP contribution in [0.1, 0.15) is 12.0 Å². The Morgan fingerprint density at radius 2 is 2.07 bits per heavy atom. The number of rotatable bonds is 4. The molecule has 1 amide bonds. The summed E-state index contributed by atoms with van der Waals surface area (Å²) < 4.78 is 0. The van der Waals surface area contributed by atoms with Crippen LogP contribution in [0, 0.1) is 11.3 Å². The number of carbonyl (C=O) groups is 1. The molecule has 4 nitrogen and oxygen atoms in total. The first-order valence-corrected chi connectivity index (χ1v) is 4.63. The van der Waals surface area contributed by atoms with Gasteiger partial charge in [-0.1, -0.05) is 12.1 Å². The third kappa shape index (κ3) is 3.79. The van der Waals surface area contributed by atoms with Crippen molar-refractivity contribution >= 4 is 11.6 Å². The molecule has 2 N–H and O–H groups in total. The van der Waals surface area contributed by atoms with E-state index >= 15 is 0 Å². The van der Waals surface area contributed by atoms with Crippen LogP contribution >= 0.6 is 0 Å². The molecule has 0 saturated heterocycles. The summed E-state index contributed by atoms with van der Waals surface area (Å²) in [6.45, 7) is 0.111. The summed E-state index contributed by atoms with van der Waals surface area (Å²) in [4.78, 5) is 11.0. The summed E-state index contributed by atoms with van der Waals surface area (Å²) >= 11 is 0. The number of anilines is 1. The van der Waals surface area contributed by atoms with Crippen LogP contribution in [0.4, 0.5) is 5.69 Å². The largest absolute Gasteiger partial charge is 0.396 e. The molecule has 0 unspecified atom stereocenters. The van der Waals surface area contributed by atoms with Crippen molar-refractivity contribution in [2.24, 2.45) is 0 Å². The molecular weight excluding hydrogens is 192 g/mol. The maximum atomic E-state index is 11.0.